The van der Waals surface area contributed by atoms with E-state index < -0.39 is 4.92 Å². The number of non-ortho nitro benzene ring substituents is 1. The fourth-order valence-electron chi connectivity index (χ4n) is 2.40. The minimum atomic E-state index is -0.443. The number of fused-ring (bicyclic) bond motifs is 1. The van der Waals surface area contributed by atoms with Gasteiger partial charge in [0.15, 0.2) is 4.80 Å². The normalized spacial score (nSPS) is 11.8. The number of carbonyl (C=O) groups is 1. The first-order valence-corrected chi connectivity index (χ1v) is 9.22. The number of benzene rings is 2. The summed E-state index contributed by atoms with van der Waals surface area (Å²) >= 11 is 4.64. The molecule has 0 aliphatic heterocycles. The lowest BCUT2D eigenvalue weighted by Crippen LogP contribution is -2.19. The predicted molar refractivity (Wildman–Crippen MR) is 102 cm³/mol. The summed E-state index contributed by atoms with van der Waals surface area (Å²) in [6.45, 7) is 0.832. The molecule has 7 nitrogen and oxygen atoms in total. The van der Waals surface area contributed by atoms with Crippen molar-refractivity contribution in [2.24, 2.45) is 4.99 Å². The van der Waals surface area contributed by atoms with Crippen LogP contribution in [0.3, 0.4) is 0 Å². The van der Waals surface area contributed by atoms with Gasteiger partial charge in [-0.15, -0.1) is 0 Å². The summed E-state index contributed by atoms with van der Waals surface area (Å²) in [4.78, 5) is 27.8. The fraction of sp³-hybridized carbons (Fsp3) is 0.176. The van der Waals surface area contributed by atoms with Gasteiger partial charge in [0.1, 0.15) is 0 Å². The lowest BCUT2D eigenvalue weighted by Gasteiger charge is -2.04. The first-order chi connectivity index (χ1) is 12.5. The van der Waals surface area contributed by atoms with Gasteiger partial charge in [0.05, 0.1) is 21.7 Å². The summed E-state index contributed by atoms with van der Waals surface area (Å²) in [7, 11) is 1.57. The number of aromatic nitrogens is 1. The number of methoxy groups -OCH3 is 1. The Kier molecular flexibility index (Phi) is 5.60. The zero-order valence-electron chi connectivity index (χ0n) is 13.7. The molecule has 0 radical (unpaired) electrons. The molecule has 9 heteroatoms. The largest absolute Gasteiger partial charge is 0.383 e. The van der Waals surface area contributed by atoms with E-state index in [-0.39, 0.29) is 11.6 Å². The van der Waals surface area contributed by atoms with E-state index in [9.17, 15) is 14.9 Å². The molecule has 0 spiro atoms. The van der Waals surface area contributed by atoms with Crippen LogP contribution in [0.4, 0.5) is 5.69 Å². The van der Waals surface area contributed by atoms with Gasteiger partial charge >= 0.3 is 0 Å². The van der Waals surface area contributed by atoms with Crippen molar-refractivity contribution in [3.05, 3.63) is 67.4 Å². The Morgan fingerprint density at radius 3 is 2.69 bits per heavy atom. The lowest BCUT2D eigenvalue weighted by atomic mass is 10.2. The van der Waals surface area contributed by atoms with Gasteiger partial charge in [0, 0.05) is 35.8 Å². The number of nitro benzene ring substituents is 1. The number of rotatable bonds is 5. The van der Waals surface area contributed by atoms with E-state index in [1.54, 1.807) is 42.0 Å². The number of hydrogen-bond donors (Lipinski definition) is 0. The maximum atomic E-state index is 12.5. The summed E-state index contributed by atoms with van der Waals surface area (Å²) < 4.78 is 8.58. The van der Waals surface area contributed by atoms with E-state index in [2.05, 4.69) is 20.9 Å². The van der Waals surface area contributed by atoms with E-state index in [1.807, 2.05) is 0 Å². The SMILES string of the molecule is COCCn1c(=NC(=O)c2ccc(Br)cc2)sc2ccc([N+](=O)[O-])cc21. The highest BCUT2D eigenvalue weighted by atomic mass is 79.9. The maximum Gasteiger partial charge on any atom is 0.279 e. The Hall–Kier alpha value is -2.36. The summed E-state index contributed by atoms with van der Waals surface area (Å²) in [5.41, 5.74) is 1.12. The van der Waals surface area contributed by atoms with E-state index in [0.29, 0.717) is 29.0 Å². The lowest BCUT2D eigenvalue weighted by molar-refractivity contribution is -0.384. The molecule has 3 rings (SSSR count). The van der Waals surface area contributed by atoms with Crippen molar-refractivity contribution in [3.8, 4) is 0 Å². The van der Waals surface area contributed by atoms with Crippen LogP contribution >= 0.6 is 27.3 Å². The number of nitrogens with zero attached hydrogens (tertiary/aromatic N) is 3. The summed E-state index contributed by atoms with van der Waals surface area (Å²) in [6.07, 6.45) is 0. The molecular weight excluding hydrogens is 422 g/mol. The van der Waals surface area contributed by atoms with Crippen molar-refractivity contribution in [3.63, 3.8) is 0 Å². The number of ether oxygens (including phenoxy) is 1. The van der Waals surface area contributed by atoms with E-state index in [4.69, 9.17) is 4.74 Å². The molecule has 0 saturated carbocycles. The molecule has 0 bridgehead atoms. The molecular formula is C17H14BrN3O4S. The molecule has 26 heavy (non-hydrogen) atoms. The van der Waals surface area contributed by atoms with E-state index >= 15 is 0 Å². The third-order valence-electron chi connectivity index (χ3n) is 3.68. The molecule has 0 atom stereocenters. The van der Waals surface area contributed by atoms with Crippen LogP contribution in [0, 0.1) is 10.1 Å². The van der Waals surface area contributed by atoms with Crippen molar-refractivity contribution in [2.45, 2.75) is 6.54 Å². The van der Waals surface area contributed by atoms with Crippen LogP contribution in [0.25, 0.3) is 10.2 Å². The molecule has 0 fully saturated rings. The van der Waals surface area contributed by atoms with Gasteiger partial charge in [0.25, 0.3) is 11.6 Å². The topological polar surface area (TPSA) is 86.7 Å². The molecule has 0 saturated heterocycles. The van der Waals surface area contributed by atoms with Crippen LogP contribution in [0.5, 0.6) is 0 Å². The molecule has 1 heterocycles. The van der Waals surface area contributed by atoms with E-state index in [0.717, 1.165) is 9.17 Å². The Balaban J connectivity index is 2.12. The average Bonchev–Trinajstić information content (AvgIpc) is 2.96. The van der Waals surface area contributed by atoms with Gasteiger partial charge in [0.2, 0.25) is 0 Å². The van der Waals surface area contributed by atoms with Crippen LogP contribution in [0.1, 0.15) is 10.4 Å². The molecule has 0 aliphatic rings. The monoisotopic (exact) mass is 435 g/mol. The third kappa shape index (κ3) is 3.90. The number of thiazole rings is 1. The second kappa shape index (κ2) is 7.90. The third-order valence-corrected chi connectivity index (χ3v) is 5.27. The van der Waals surface area contributed by atoms with Crippen molar-refractivity contribution in [2.75, 3.05) is 13.7 Å². The standard InChI is InChI=1S/C17H14BrN3O4S/c1-25-9-8-20-14-10-13(21(23)24)6-7-15(14)26-17(20)19-16(22)11-2-4-12(18)5-3-11/h2-7,10H,8-9H2,1H3. The molecule has 0 N–H and O–H groups in total. The van der Waals surface area contributed by atoms with Crippen LogP contribution < -0.4 is 4.80 Å². The number of nitro groups is 1. The highest BCUT2D eigenvalue weighted by Gasteiger charge is 2.13. The molecule has 1 aromatic heterocycles. The van der Waals surface area contributed by atoms with Crippen molar-refractivity contribution in [1.82, 2.24) is 4.57 Å². The summed E-state index contributed by atoms with van der Waals surface area (Å²) in [6, 6.07) is 11.5. The quantitative estimate of drug-likeness (QED) is 0.450. The average molecular weight is 436 g/mol. The van der Waals surface area contributed by atoms with Gasteiger partial charge in [-0.25, -0.2) is 0 Å². The van der Waals surface area contributed by atoms with Gasteiger partial charge in [-0.05, 0) is 30.3 Å². The second-order valence-corrected chi connectivity index (χ2v) is 7.29. The zero-order chi connectivity index (χ0) is 18.7. The van der Waals surface area contributed by atoms with Crippen molar-refractivity contribution in [1.29, 1.82) is 0 Å². The van der Waals surface area contributed by atoms with Crippen molar-refractivity contribution >= 4 is 49.1 Å². The minimum absolute atomic E-state index is 0.00717. The van der Waals surface area contributed by atoms with E-state index in [1.165, 1.54) is 23.5 Å². The molecule has 0 unspecified atom stereocenters. The Morgan fingerprint density at radius 1 is 1.31 bits per heavy atom. The van der Waals surface area contributed by atoms with Gasteiger partial charge in [-0.2, -0.15) is 4.99 Å². The maximum absolute atomic E-state index is 12.5. The van der Waals surface area contributed by atoms with Crippen molar-refractivity contribution < 1.29 is 14.5 Å². The predicted octanol–water partition coefficient (Wildman–Crippen LogP) is 3.76. The van der Waals surface area contributed by atoms with Gasteiger partial charge < -0.3 is 9.30 Å². The summed E-state index contributed by atoms with van der Waals surface area (Å²) in [5, 5.41) is 11.1. The molecule has 1 amide bonds. The Bertz CT molecular complexity index is 1040. The Labute approximate surface area is 160 Å². The number of amides is 1. The highest BCUT2D eigenvalue weighted by molar-refractivity contribution is 9.10. The van der Waals surface area contributed by atoms with Crippen LogP contribution in [-0.2, 0) is 11.3 Å². The molecule has 2 aromatic carbocycles. The fourth-order valence-corrected chi connectivity index (χ4v) is 3.70. The van der Waals surface area contributed by atoms with Crippen LogP contribution in [-0.4, -0.2) is 29.1 Å². The first-order valence-electron chi connectivity index (χ1n) is 7.61. The van der Waals surface area contributed by atoms with Crippen LogP contribution in [0.15, 0.2) is 51.9 Å². The van der Waals surface area contributed by atoms with Crippen LogP contribution in [0.2, 0.25) is 0 Å². The Morgan fingerprint density at radius 2 is 2.04 bits per heavy atom. The van der Waals surface area contributed by atoms with Gasteiger partial charge in [-0.3, -0.25) is 14.9 Å². The second-order valence-electron chi connectivity index (χ2n) is 5.36. The number of hydrogen-bond acceptors (Lipinski definition) is 5. The molecule has 3 aromatic rings. The zero-order valence-corrected chi connectivity index (χ0v) is 16.1. The minimum Gasteiger partial charge on any atom is -0.383 e. The smallest absolute Gasteiger partial charge is 0.279 e. The van der Waals surface area contributed by atoms with Gasteiger partial charge in [-0.1, -0.05) is 27.3 Å². The first kappa shape index (κ1) is 18.4. The number of halogens is 1. The highest BCUT2D eigenvalue weighted by Crippen LogP contribution is 2.23. The summed E-state index contributed by atoms with van der Waals surface area (Å²) in [5.74, 6) is -0.371. The molecule has 0 aliphatic carbocycles. The number of carbonyl (C=O) groups excluding carboxylic acids is 1. The molecule has 134 valence electrons.